The number of anilines is 1. The summed E-state index contributed by atoms with van der Waals surface area (Å²) in [6.45, 7) is 0. The molecule has 0 aromatic heterocycles. The van der Waals surface area contributed by atoms with Gasteiger partial charge in [-0.3, -0.25) is 4.72 Å². The SMILES string of the molecule is N#Cc1ccccc1NS(=O)(=O)/C=C/c1ccc(Cl)cc1. The quantitative estimate of drug-likeness (QED) is 0.935. The molecule has 4 nitrogen and oxygen atoms in total. The van der Waals surface area contributed by atoms with E-state index in [1.165, 1.54) is 12.1 Å². The number of hydrogen-bond acceptors (Lipinski definition) is 3. The first-order valence-electron chi connectivity index (χ1n) is 5.96. The molecule has 0 fully saturated rings. The normalized spacial score (nSPS) is 11.2. The second-order valence-corrected chi connectivity index (χ2v) is 6.16. The van der Waals surface area contributed by atoms with Gasteiger partial charge in [0.25, 0.3) is 10.0 Å². The molecule has 2 rings (SSSR count). The number of para-hydroxylation sites is 1. The fourth-order valence-electron chi connectivity index (χ4n) is 1.60. The Morgan fingerprint density at radius 2 is 1.76 bits per heavy atom. The summed E-state index contributed by atoms with van der Waals surface area (Å²) in [6.07, 6.45) is 1.45. The Morgan fingerprint density at radius 3 is 2.43 bits per heavy atom. The van der Waals surface area contributed by atoms with Crippen LogP contribution in [0.15, 0.2) is 53.9 Å². The molecule has 0 bridgehead atoms. The highest BCUT2D eigenvalue weighted by Gasteiger charge is 2.08. The van der Waals surface area contributed by atoms with Crippen LogP contribution in [0.3, 0.4) is 0 Å². The average Bonchev–Trinajstić information content (AvgIpc) is 2.47. The standard InChI is InChI=1S/C15H11ClN2O2S/c16-14-7-5-12(6-8-14)9-10-21(19,20)18-15-4-2-1-3-13(15)11-17/h1-10,18H/b10-9+. The predicted octanol–water partition coefficient (Wildman–Crippen LogP) is 3.62. The topological polar surface area (TPSA) is 70.0 Å². The van der Waals surface area contributed by atoms with E-state index in [1.807, 2.05) is 6.07 Å². The van der Waals surface area contributed by atoms with E-state index in [-0.39, 0.29) is 11.3 Å². The number of nitrogens with zero attached hydrogens (tertiary/aromatic N) is 1. The Labute approximate surface area is 128 Å². The van der Waals surface area contributed by atoms with E-state index in [0.29, 0.717) is 10.6 Å². The number of hydrogen-bond donors (Lipinski definition) is 1. The van der Waals surface area contributed by atoms with Crippen molar-refractivity contribution in [1.29, 1.82) is 5.26 Å². The highest BCUT2D eigenvalue weighted by Crippen LogP contribution is 2.16. The maximum atomic E-state index is 12.0. The number of rotatable bonds is 4. The maximum Gasteiger partial charge on any atom is 0.255 e. The fourth-order valence-corrected chi connectivity index (χ4v) is 2.61. The molecule has 6 heteroatoms. The summed E-state index contributed by atoms with van der Waals surface area (Å²) < 4.78 is 26.3. The van der Waals surface area contributed by atoms with Crippen molar-refractivity contribution in [2.45, 2.75) is 0 Å². The van der Waals surface area contributed by atoms with Crippen LogP contribution in [0.5, 0.6) is 0 Å². The molecule has 0 aliphatic carbocycles. The van der Waals surface area contributed by atoms with Gasteiger partial charge in [-0.1, -0.05) is 35.9 Å². The van der Waals surface area contributed by atoms with Crippen LogP contribution in [0.25, 0.3) is 6.08 Å². The van der Waals surface area contributed by atoms with Gasteiger partial charge in [-0.2, -0.15) is 5.26 Å². The Balaban J connectivity index is 2.19. The van der Waals surface area contributed by atoms with Crippen molar-refractivity contribution in [3.05, 3.63) is 70.1 Å². The van der Waals surface area contributed by atoms with E-state index >= 15 is 0 Å². The summed E-state index contributed by atoms with van der Waals surface area (Å²) in [7, 11) is -3.69. The van der Waals surface area contributed by atoms with Crippen molar-refractivity contribution in [3.63, 3.8) is 0 Å². The first kappa shape index (κ1) is 15.1. The smallest absolute Gasteiger partial charge is 0.255 e. The van der Waals surface area contributed by atoms with Crippen LogP contribution in [0.2, 0.25) is 5.02 Å². The zero-order valence-electron chi connectivity index (χ0n) is 10.8. The maximum absolute atomic E-state index is 12.0. The molecule has 21 heavy (non-hydrogen) atoms. The Kier molecular flexibility index (Phi) is 4.63. The molecule has 0 atom stereocenters. The van der Waals surface area contributed by atoms with Crippen molar-refractivity contribution < 1.29 is 8.42 Å². The zero-order chi connectivity index (χ0) is 15.3. The summed E-state index contributed by atoms with van der Waals surface area (Å²) in [4.78, 5) is 0. The molecule has 2 aromatic carbocycles. The number of nitriles is 1. The van der Waals surface area contributed by atoms with E-state index in [2.05, 4.69) is 4.72 Å². The molecule has 0 aliphatic heterocycles. The van der Waals surface area contributed by atoms with Crippen LogP contribution in [0, 0.1) is 11.3 Å². The van der Waals surface area contributed by atoms with Crippen LogP contribution in [-0.2, 0) is 10.0 Å². The highest BCUT2D eigenvalue weighted by atomic mass is 35.5. The van der Waals surface area contributed by atoms with Gasteiger partial charge in [0.05, 0.1) is 16.7 Å². The summed E-state index contributed by atoms with van der Waals surface area (Å²) >= 11 is 5.76. The number of nitrogens with one attached hydrogen (secondary N) is 1. The van der Waals surface area contributed by atoms with Crippen molar-refractivity contribution in [2.75, 3.05) is 4.72 Å². The molecule has 1 N–H and O–H groups in total. The van der Waals surface area contributed by atoms with Crippen LogP contribution in [-0.4, -0.2) is 8.42 Å². The van der Waals surface area contributed by atoms with Crippen molar-refractivity contribution in [3.8, 4) is 6.07 Å². The molecule has 0 heterocycles. The third-order valence-electron chi connectivity index (χ3n) is 2.61. The molecule has 0 aliphatic rings. The summed E-state index contributed by atoms with van der Waals surface area (Å²) in [5, 5.41) is 10.6. The zero-order valence-corrected chi connectivity index (χ0v) is 12.4. The molecule has 0 saturated heterocycles. The van der Waals surface area contributed by atoms with Crippen LogP contribution in [0.1, 0.15) is 11.1 Å². The number of halogens is 1. The van der Waals surface area contributed by atoms with Crippen molar-refractivity contribution in [1.82, 2.24) is 0 Å². The summed E-state index contributed by atoms with van der Waals surface area (Å²) in [5.41, 5.74) is 1.22. The van der Waals surface area contributed by atoms with E-state index in [0.717, 1.165) is 5.41 Å². The molecule has 2 aromatic rings. The van der Waals surface area contributed by atoms with Gasteiger partial charge in [0.1, 0.15) is 6.07 Å². The average molecular weight is 319 g/mol. The molecule has 0 radical (unpaired) electrons. The van der Waals surface area contributed by atoms with Gasteiger partial charge in [0.15, 0.2) is 0 Å². The van der Waals surface area contributed by atoms with Gasteiger partial charge >= 0.3 is 0 Å². The molecular weight excluding hydrogens is 308 g/mol. The second kappa shape index (κ2) is 6.44. The lowest BCUT2D eigenvalue weighted by Crippen LogP contribution is -2.09. The molecule has 0 amide bonds. The van der Waals surface area contributed by atoms with E-state index in [9.17, 15) is 8.42 Å². The first-order chi connectivity index (χ1) is 10.00. The lowest BCUT2D eigenvalue weighted by molar-refractivity contribution is 0.609. The van der Waals surface area contributed by atoms with Crippen LogP contribution >= 0.6 is 11.6 Å². The van der Waals surface area contributed by atoms with E-state index in [4.69, 9.17) is 16.9 Å². The largest absolute Gasteiger partial charge is 0.279 e. The first-order valence-corrected chi connectivity index (χ1v) is 7.88. The molecule has 0 saturated carbocycles. The minimum Gasteiger partial charge on any atom is -0.279 e. The Morgan fingerprint density at radius 1 is 1.10 bits per heavy atom. The Hall–Kier alpha value is -2.29. The second-order valence-electron chi connectivity index (χ2n) is 4.16. The number of sulfonamides is 1. The Bertz CT molecular complexity index is 806. The van der Waals surface area contributed by atoms with Crippen LogP contribution < -0.4 is 4.72 Å². The minimum absolute atomic E-state index is 0.251. The van der Waals surface area contributed by atoms with Gasteiger partial charge < -0.3 is 0 Å². The minimum atomic E-state index is -3.69. The molecule has 0 spiro atoms. The van der Waals surface area contributed by atoms with Crippen LogP contribution in [0.4, 0.5) is 5.69 Å². The highest BCUT2D eigenvalue weighted by molar-refractivity contribution is 7.95. The van der Waals surface area contributed by atoms with E-state index < -0.39 is 10.0 Å². The molecule has 0 unspecified atom stereocenters. The fraction of sp³-hybridized carbons (Fsp3) is 0. The predicted molar refractivity (Wildman–Crippen MR) is 84.2 cm³/mol. The van der Waals surface area contributed by atoms with Gasteiger partial charge in [0.2, 0.25) is 0 Å². The lowest BCUT2D eigenvalue weighted by Gasteiger charge is -2.05. The number of benzene rings is 2. The summed E-state index contributed by atoms with van der Waals surface area (Å²) in [6, 6.07) is 15.1. The molecule has 106 valence electrons. The van der Waals surface area contributed by atoms with Gasteiger partial charge in [-0.25, -0.2) is 8.42 Å². The van der Waals surface area contributed by atoms with Crippen molar-refractivity contribution in [2.24, 2.45) is 0 Å². The molecular formula is C15H11ClN2O2S. The van der Waals surface area contributed by atoms with Gasteiger partial charge in [0, 0.05) is 5.02 Å². The van der Waals surface area contributed by atoms with Gasteiger partial charge in [-0.05, 0) is 35.9 Å². The van der Waals surface area contributed by atoms with Crippen molar-refractivity contribution >= 4 is 33.4 Å². The monoisotopic (exact) mass is 318 g/mol. The third kappa shape index (κ3) is 4.35. The summed E-state index contributed by atoms with van der Waals surface area (Å²) in [5.74, 6) is 0. The lowest BCUT2D eigenvalue weighted by atomic mass is 10.2. The van der Waals surface area contributed by atoms with E-state index in [1.54, 1.807) is 42.5 Å². The third-order valence-corrected chi connectivity index (χ3v) is 3.86. The van der Waals surface area contributed by atoms with Gasteiger partial charge in [-0.15, -0.1) is 0 Å².